The van der Waals surface area contributed by atoms with Crippen LogP contribution in [0, 0.1) is 0 Å². The van der Waals surface area contributed by atoms with E-state index < -0.39 is 0 Å². The lowest BCUT2D eigenvalue weighted by atomic mass is 10.3. The first-order valence-electron chi connectivity index (χ1n) is 7.17. The van der Waals surface area contributed by atoms with E-state index in [0.717, 1.165) is 18.9 Å². The van der Waals surface area contributed by atoms with Crippen LogP contribution in [0.5, 0.6) is 0 Å². The molecule has 0 unspecified atom stereocenters. The highest BCUT2D eigenvalue weighted by atomic mass is 28.2. The third kappa shape index (κ3) is 10.9. The number of hydrogen-bond donors (Lipinski definition) is 0. The van der Waals surface area contributed by atoms with Gasteiger partial charge in [-0.1, -0.05) is 19.0 Å². The van der Waals surface area contributed by atoms with Crippen molar-refractivity contribution in [3.63, 3.8) is 0 Å². The molecule has 0 aromatic heterocycles. The SMILES string of the molecule is C=C(C)C(=O)OCCCC[SiH2]CC(OCC)OCC. The Morgan fingerprint density at radius 3 is 2.37 bits per heavy atom. The number of carbonyl (C=O) groups is 1. The molecule has 4 nitrogen and oxygen atoms in total. The summed E-state index contributed by atoms with van der Waals surface area (Å²) in [7, 11) is -0.148. The molecule has 0 aromatic rings. The smallest absolute Gasteiger partial charge is 0.333 e. The summed E-state index contributed by atoms with van der Waals surface area (Å²) >= 11 is 0. The summed E-state index contributed by atoms with van der Waals surface area (Å²) < 4.78 is 16.0. The fourth-order valence-corrected chi connectivity index (χ4v) is 3.30. The topological polar surface area (TPSA) is 44.8 Å². The maximum atomic E-state index is 11.1. The molecule has 0 aliphatic rings. The van der Waals surface area contributed by atoms with E-state index in [9.17, 15) is 4.79 Å². The zero-order valence-electron chi connectivity index (χ0n) is 12.6. The fraction of sp³-hybridized carbons (Fsp3) is 0.786. The van der Waals surface area contributed by atoms with E-state index in [-0.39, 0.29) is 21.8 Å². The minimum absolute atomic E-state index is 0.0112. The van der Waals surface area contributed by atoms with Crippen molar-refractivity contribution in [2.45, 2.75) is 52.0 Å². The second kappa shape index (κ2) is 12.4. The minimum atomic E-state index is -0.287. The molecule has 5 heteroatoms. The van der Waals surface area contributed by atoms with Crippen LogP contribution in [0.25, 0.3) is 0 Å². The predicted molar refractivity (Wildman–Crippen MR) is 80.2 cm³/mol. The molecular weight excluding hydrogens is 260 g/mol. The molecule has 0 saturated carbocycles. The van der Waals surface area contributed by atoms with Gasteiger partial charge < -0.3 is 14.2 Å². The molecule has 0 heterocycles. The highest BCUT2D eigenvalue weighted by Gasteiger charge is 2.07. The molecule has 0 aliphatic carbocycles. The molecule has 0 N–H and O–H groups in total. The van der Waals surface area contributed by atoms with Crippen LogP contribution in [0.4, 0.5) is 0 Å². The number of hydrogen-bond acceptors (Lipinski definition) is 4. The molecule has 0 bridgehead atoms. The number of rotatable bonds is 12. The van der Waals surface area contributed by atoms with Crippen LogP contribution < -0.4 is 0 Å². The molecule has 0 saturated heterocycles. The van der Waals surface area contributed by atoms with Crippen molar-refractivity contribution < 1.29 is 19.0 Å². The van der Waals surface area contributed by atoms with Crippen molar-refractivity contribution in [1.29, 1.82) is 0 Å². The standard InChI is InChI=1S/C14H28O4Si/c1-5-16-13(17-6-2)11-19-10-8-7-9-18-14(15)12(3)4/h13H,3,5-11,19H2,1-2,4H3. The van der Waals surface area contributed by atoms with E-state index in [1.165, 1.54) is 6.04 Å². The van der Waals surface area contributed by atoms with Gasteiger partial charge in [-0.25, -0.2) is 4.79 Å². The van der Waals surface area contributed by atoms with Gasteiger partial charge in [-0.3, -0.25) is 0 Å². The van der Waals surface area contributed by atoms with Crippen molar-refractivity contribution in [1.82, 2.24) is 0 Å². The van der Waals surface area contributed by atoms with E-state index in [1.807, 2.05) is 13.8 Å². The summed E-state index contributed by atoms with van der Waals surface area (Å²) in [6, 6.07) is 2.30. The van der Waals surface area contributed by atoms with Gasteiger partial charge in [-0.2, -0.15) is 0 Å². The van der Waals surface area contributed by atoms with Crippen molar-refractivity contribution in [2.75, 3.05) is 19.8 Å². The van der Waals surface area contributed by atoms with E-state index in [1.54, 1.807) is 6.92 Å². The van der Waals surface area contributed by atoms with E-state index in [0.29, 0.717) is 25.4 Å². The van der Waals surface area contributed by atoms with Crippen LogP contribution >= 0.6 is 0 Å². The molecule has 0 aromatic carbocycles. The highest BCUT2D eigenvalue weighted by molar-refractivity contribution is 6.35. The van der Waals surface area contributed by atoms with Gasteiger partial charge in [0.1, 0.15) is 0 Å². The molecular formula is C14H28O4Si. The van der Waals surface area contributed by atoms with Gasteiger partial charge in [0.05, 0.1) is 6.61 Å². The lowest BCUT2D eigenvalue weighted by Crippen LogP contribution is -2.19. The zero-order chi connectivity index (χ0) is 14.5. The summed E-state index contributed by atoms with van der Waals surface area (Å²) in [5, 5.41) is 0. The van der Waals surface area contributed by atoms with Gasteiger partial charge in [0.25, 0.3) is 0 Å². The Morgan fingerprint density at radius 1 is 1.21 bits per heavy atom. The minimum Gasteiger partial charge on any atom is -0.462 e. The van der Waals surface area contributed by atoms with E-state index >= 15 is 0 Å². The molecule has 0 spiro atoms. The lowest BCUT2D eigenvalue weighted by Gasteiger charge is -2.16. The summed E-state index contributed by atoms with van der Waals surface area (Å²) in [6.07, 6.45) is 2.03. The summed E-state index contributed by atoms with van der Waals surface area (Å²) in [4.78, 5) is 11.1. The van der Waals surface area contributed by atoms with Crippen molar-refractivity contribution in [2.24, 2.45) is 0 Å². The number of ether oxygens (including phenoxy) is 3. The van der Waals surface area contributed by atoms with Crippen LogP contribution in [-0.4, -0.2) is 41.6 Å². The first-order chi connectivity index (χ1) is 9.11. The van der Waals surface area contributed by atoms with Gasteiger partial charge in [0, 0.05) is 28.3 Å². The van der Waals surface area contributed by atoms with Crippen LogP contribution in [0.3, 0.4) is 0 Å². The van der Waals surface area contributed by atoms with Crippen LogP contribution in [-0.2, 0) is 19.0 Å². The third-order valence-electron chi connectivity index (χ3n) is 2.62. The van der Waals surface area contributed by atoms with Crippen LogP contribution in [0.2, 0.25) is 12.1 Å². The van der Waals surface area contributed by atoms with E-state index in [4.69, 9.17) is 14.2 Å². The maximum absolute atomic E-state index is 11.1. The van der Waals surface area contributed by atoms with Crippen molar-refractivity contribution >= 4 is 15.5 Å². The normalized spacial score (nSPS) is 11.4. The molecule has 0 aliphatic heterocycles. The first kappa shape index (κ1) is 18.3. The second-order valence-electron chi connectivity index (χ2n) is 4.46. The lowest BCUT2D eigenvalue weighted by molar-refractivity contribution is -0.139. The van der Waals surface area contributed by atoms with Crippen molar-refractivity contribution in [3.8, 4) is 0 Å². The van der Waals surface area contributed by atoms with Crippen LogP contribution in [0.15, 0.2) is 12.2 Å². The number of esters is 1. The molecule has 0 fully saturated rings. The Balaban J connectivity index is 3.43. The summed E-state index contributed by atoms with van der Waals surface area (Å²) in [6.45, 7) is 11.1. The maximum Gasteiger partial charge on any atom is 0.333 e. The molecule has 0 radical (unpaired) electrons. The zero-order valence-corrected chi connectivity index (χ0v) is 14.0. The van der Waals surface area contributed by atoms with Crippen LogP contribution in [0.1, 0.15) is 33.6 Å². The average Bonchev–Trinajstić information content (AvgIpc) is 2.37. The van der Waals surface area contributed by atoms with Gasteiger partial charge in [0.15, 0.2) is 6.29 Å². The summed E-state index contributed by atoms with van der Waals surface area (Å²) in [5.74, 6) is -0.287. The molecule has 19 heavy (non-hydrogen) atoms. The third-order valence-corrected chi connectivity index (χ3v) is 4.50. The Labute approximate surface area is 119 Å². The second-order valence-corrected chi connectivity index (χ2v) is 6.45. The van der Waals surface area contributed by atoms with Gasteiger partial charge in [0.2, 0.25) is 0 Å². The molecule has 0 amide bonds. The molecule has 112 valence electrons. The molecule has 0 rings (SSSR count). The number of carbonyl (C=O) groups excluding carboxylic acids is 1. The fourth-order valence-electron chi connectivity index (χ4n) is 1.64. The largest absolute Gasteiger partial charge is 0.462 e. The Kier molecular flexibility index (Phi) is 12.0. The monoisotopic (exact) mass is 288 g/mol. The van der Waals surface area contributed by atoms with Gasteiger partial charge in [-0.05, 0) is 33.2 Å². The first-order valence-corrected chi connectivity index (χ1v) is 9.17. The van der Waals surface area contributed by atoms with Gasteiger partial charge >= 0.3 is 5.97 Å². The number of unbranched alkanes of at least 4 members (excludes halogenated alkanes) is 1. The Bertz CT molecular complexity index is 250. The van der Waals surface area contributed by atoms with Gasteiger partial charge in [-0.15, -0.1) is 0 Å². The van der Waals surface area contributed by atoms with E-state index in [2.05, 4.69) is 6.58 Å². The average molecular weight is 288 g/mol. The quantitative estimate of drug-likeness (QED) is 0.182. The predicted octanol–water partition coefficient (Wildman–Crippen LogP) is 2.29. The summed E-state index contributed by atoms with van der Waals surface area (Å²) in [5.41, 5.74) is 0.464. The molecule has 0 atom stereocenters. The highest BCUT2D eigenvalue weighted by Crippen LogP contribution is 2.05. The Hall–Kier alpha value is -0.653. The Morgan fingerprint density at radius 2 is 1.84 bits per heavy atom. The van der Waals surface area contributed by atoms with Crippen molar-refractivity contribution in [3.05, 3.63) is 12.2 Å².